The first kappa shape index (κ1) is 20.8. The Morgan fingerprint density at radius 3 is 2.07 bits per heavy atom. The van der Waals surface area contributed by atoms with Crippen molar-refractivity contribution in [3.63, 3.8) is 0 Å². The Balaban J connectivity index is 1.94. The molecule has 2 amide bonds. The average Bonchev–Trinajstić information content (AvgIpc) is 2.64. The molecule has 28 heavy (non-hydrogen) atoms. The number of ether oxygens (including phenoxy) is 1. The molecule has 2 rings (SSSR count). The van der Waals surface area contributed by atoms with E-state index < -0.39 is 17.7 Å². The van der Waals surface area contributed by atoms with E-state index in [1.807, 2.05) is 0 Å². The van der Waals surface area contributed by atoms with E-state index in [0.29, 0.717) is 17.0 Å². The number of aromatic nitrogens is 2. The summed E-state index contributed by atoms with van der Waals surface area (Å²) in [6.45, 7) is 5.70. The maximum Gasteiger partial charge on any atom is 0.407 e. The third-order valence-electron chi connectivity index (χ3n) is 3.37. The summed E-state index contributed by atoms with van der Waals surface area (Å²) >= 11 is 0. The van der Waals surface area contributed by atoms with Crippen molar-refractivity contribution in [1.82, 2.24) is 20.6 Å². The van der Waals surface area contributed by atoms with Crippen molar-refractivity contribution in [2.75, 3.05) is 13.1 Å². The number of pyridine rings is 2. The Bertz CT molecular complexity index is 877. The molecule has 2 aromatic heterocycles. The van der Waals surface area contributed by atoms with Gasteiger partial charge in [0.2, 0.25) is 0 Å². The molecule has 0 aliphatic carbocycles. The fourth-order valence-corrected chi connectivity index (χ4v) is 2.17. The number of hydrogen-bond donors (Lipinski definition) is 3. The highest BCUT2D eigenvalue weighted by Crippen LogP contribution is 2.16. The Hall–Kier alpha value is -3.49. The van der Waals surface area contributed by atoms with Gasteiger partial charge in [-0.1, -0.05) is 0 Å². The van der Waals surface area contributed by atoms with Crippen LogP contribution >= 0.6 is 0 Å². The molecule has 2 heterocycles. The fourth-order valence-electron chi connectivity index (χ4n) is 2.17. The predicted molar refractivity (Wildman–Crippen MR) is 101 cm³/mol. The molecule has 0 aliphatic rings. The second-order valence-electron chi connectivity index (χ2n) is 6.85. The number of aromatic carboxylic acids is 1. The Labute approximate surface area is 162 Å². The van der Waals surface area contributed by atoms with Crippen molar-refractivity contribution < 1.29 is 24.2 Å². The van der Waals surface area contributed by atoms with Crippen molar-refractivity contribution in [2.45, 2.75) is 26.4 Å². The summed E-state index contributed by atoms with van der Waals surface area (Å²) in [6.07, 6.45) is 2.26. The number of rotatable bonds is 6. The highest BCUT2D eigenvalue weighted by atomic mass is 16.6. The number of hydrogen-bond acceptors (Lipinski definition) is 6. The molecule has 0 unspecified atom stereocenters. The van der Waals surface area contributed by atoms with Crippen molar-refractivity contribution in [2.24, 2.45) is 0 Å². The number of carbonyl (C=O) groups excluding carboxylic acids is 2. The molecule has 0 saturated carbocycles. The van der Waals surface area contributed by atoms with Gasteiger partial charge in [0.15, 0.2) is 0 Å². The predicted octanol–water partition coefficient (Wildman–Crippen LogP) is 2.10. The molecule has 9 nitrogen and oxygen atoms in total. The zero-order valence-corrected chi connectivity index (χ0v) is 15.9. The number of nitrogens with one attached hydrogen (secondary N) is 2. The van der Waals surface area contributed by atoms with Gasteiger partial charge in [-0.25, -0.2) is 9.59 Å². The smallest absolute Gasteiger partial charge is 0.407 e. The van der Waals surface area contributed by atoms with E-state index in [9.17, 15) is 14.4 Å². The Kier molecular flexibility index (Phi) is 6.64. The van der Waals surface area contributed by atoms with Gasteiger partial charge in [-0.3, -0.25) is 14.8 Å². The van der Waals surface area contributed by atoms with Gasteiger partial charge in [-0.15, -0.1) is 0 Å². The fraction of sp³-hybridized carbons (Fsp3) is 0.316. The maximum atomic E-state index is 12.3. The van der Waals surface area contributed by atoms with Crippen LogP contribution in [-0.2, 0) is 4.74 Å². The van der Waals surface area contributed by atoms with Gasteiger partial charge in [0, 0.05) is 31.0 Å². The van der Waals surface area contributed by atoms with Crippen LogP contribution in [0.1, 0.15) is 41.5 Å². The number of carboxylic acids is 1. The first-order valence-electron chi connectivity index (χ1n) is 8.56. The molecule has 2 aromatic rings. The summed E-state index contributed by atoms with van der Waals surface area (Å²) in [5.41, 5.74) is 0.552. The minimum atomic E-state index is -1.07. The second kappa shape index (κ2) is 8.94. The number of carbonyl (C=O) groups is 3. The first-order valence-corrected chi connectivity index (χ1v) is 8.56. The van der Waals surface area contributed by atoms with E-state index >= 15 is 0 Å². The van der Waals surface area contributed by atoms with Gasteiger partial charge in [-0.2, -0.15) is 0 Å². The lowest BCUT2D eigenvalue weighted by Crippen LogP contribution is -2.37. The van der Waals surface area contributed by atoms with Gasteiger partial charge in [0.25, 0.3) is 5.91 Å². The minimum absolute atomic E-state index is 0.0786. The first-order chi connectivity index (χ1) is 13.2. The van der Waals surface area contributed by atoms with Crippen LogP contribution in [0.25, 0.3) is 11.4 Å². The summed E-state index contributed by atoms with van der Waals surface area (Å²) in [6, 6.07) is 5.81. The summed E-state index contributed by atoms with van der Waals surface area (Å²) < 4.78 is 5.10. The zero-order chi connectivity index (χ0) is 20.7. The molecule has 0 fully saturated rings. The van der Waals surface area contributed by atoms with E-state index in [0.717, 1.165) is 0 Å². The van der Waals surface area contributed by atoms with Crippen LogP contribution in [0.2, 0.25) is 0 Å². The molecule has 0 radical (unpaired) electrons. The van der Waals surface area contributed by atoms with Crippen LogP contribution in [0.4, 0.5) is 4.79 Å². The average molecular weight is 386 g/mol. The summed E-state index contributed by atoms with van der Waals surface area (Å²) in [4.78, 5) is 43.1. The largest absolute Gasteiger partial charge is 0.478 e. The van der Waals surface area contributed by atoms with E-state index in [4.69, 9.17) is 9.84 Å². The molecular formula is C19H22N4O5. The molecule has 9 heteroatoms. The Morgan fingerprint density at radius 2 is 1.50 bits per heavy atom. The molecule has 148 valence electrons. The van der Waals surface area contributed by atoms with Gasteiger partial charge < -0.3 is 20.5 Å². The summed E-state index contributed by atoms with van der Waals surface area (Å²) in [7, 11) is 0. The third-order valence-corrected chi connectivity index (χ3v) is 3.37. The molecular weight excluding hydrogens is 364 g/mol. The quantitative estimate of drug-likeness (QED) is 0.648. The number of carboxylic acid groups (broad SMARTS) is 1. The van der Waals surface area contributed by atoms with Crippen molar-refractivity contribution >= 4 is 18.0 Å². The van der Waals surface area contributed by atoms with Crippen molar-refractivity contribution in [1.29, 1.82) is 0 Å². The van der Waals surface area contributed by atoms with Gasteiger partial charge in [0.1, 0.15) is 5.60 Å². The van der Waals surface area contributed by atoms with Crippen molar-refractivity contribution in [3.05, 3.63) is 47.8 Å². The SMILES string of the molecule is CC(C)(C)OC(=O)NCCNC(=O)c1ccnc(-c2cc(C(=O)O)ccn2)c1. The van der Waals surface area contributed by atoms with Gasteiger partial charge >= 0.3 is 12.1 Å². The lowest BCUT2D eigenvalue weighted by Gasteiger charge is -2.19. The van der Waals surface area contributed by atoms with Crippen LogP contribution < -0.4 is 10.6 Å². The van der Waals surface area contributed by atoms with E-state index in [-0.39, 0.29) is 24.6 Å². The summed E-state index contributed by atoms with van der Waals surface area (Å²) in [5.74, 6) is -1.43. The minimum Gasteiger partial charge on any atom is -0.478 e. The van der Waals surface area contributed by atoms with Crippen LogP contribution in [-0.4, -0.2) is 51.7 Å². The number of amides is 2. The monoisotopic (exact) mass is 386 g/mol. The molecule has 0 aliphatic heterocycles. The topological polar surface area (TPSA) is 131 Å². The zero-order valence-electron chi connectivity index (χ0n) is 15.9. The van der Waals surface area contributed by atoms with Crippen LogP contribution in [0.3, 0.4) is 0 Å². The second-order valence-corrected chi connectivity index (χ2v) is 6.85. The van der Waals surface area contributed by atoms with Crippen LogP contribution in [0.15, 0.2) is 36.7 Å². The number of alkyl carbamates (subject to hydrolysis) is 1. The lowest BCUT2D eigenvalue weighted by molar-refractivity contribution is 0.0526. The lowest BCUT2D eigenvalue weighted by atomic mass is 10.1. The summed E-state index contributed by atoms with van der Waals surface area (Å²) in [5, 5.41) is 14.3. The van der Waals surface area contributed by atoms with E-state index in [1.54, 1.807) is 20.8 Å². The Morgan fingerprint density at radius 1 is 0.964 bits per heavy atom. The maximum absolute atomic E-state index is 12.3. The van der Waals surface area contributed by atoms with Gasteiger partial charge in [0.05, 0.1) is 17.0 Å². The number of nitrogens with zero attached hydrogens (tertiary/aromatic N) is 2. The van der Waals surface area contributed by atoms with Gasteiger partial charge in [-0.05, 0) is 45.0 Å². The highest BCUT2D eigenvalue weighted by Gasteiger charge is 2.15. The third kappa shape index (κ3) is 6.35. The van der Waals surface area contributed by atoms with E-state index in [2.05, 4.69) is 20.6 Å². The molecule has 0 saturated heterocycles. The molecule has 0 atom stereocenters. The normalized spacial score (nSPS) is 10.8. The van der Waals surface area contributed by atoms with Crippen LogP contribution in [0, 0.1) is 0 Å². The molecule has 0 spiro atoms. The van der Waals surface area contributed by atoms with Crippen molar-refractivity contribution in [3.8, 4) is 11.4 Å². The van der Waals surface area contributed by atoms with E-state index in [1.165, 1.54) is 36.7 Å². The standard InChI is InChI=1S/C19H22N4O5/c1-19(2,3)28-18(27)23-9-8-22-16(24)12-4-6-20-14(10-12)15-11-13(17(25)26)5-7-21-15/h4-7,10-11H,8-9H2,1-3H3,(H,22,24)(H,23,27)(H,25,26). The molecule has 0 bridgehead atoms. The molecule has 0 aromatic carbocycles. The highest BCUT2D eigenvalue weighted by molar-refractivity contribution is 5.95. The molecule has 3 N–H and O–H groups in total. The van der Waals surface area contributed by atoms with Crippen LogP contribution in [0.5, 0.6) is 0 Å².